The smallest absolute Gasteiger partial charge is 0.239 e. The van der Waals surface area contributed by atoms with Crippen LogP contribution in [0.25, 0.3) is 77.5 Å². The number of aromatic nitrogens is 4. The number of hydrogen-bond acceptors (Lipinski definition) is 6. The molecule has 10 nitrogen and oxygen atoms in total. The SMILES string of the molecule is O=C1C2C(C(=O)N1c1cccc(-c3ccc4c(c3)c3ccccc3n4-c3ccccc3)n1)C1C(=O)N(c3cccc(-c4ccc5c(c4)c4ccccc4n5-c4ccccc4)n3)C(=O)C21. The topological polar surface area (TPSA) is 110 Å². The Bertz CT molecular complexity index is 3360. The van der Waals surface area contributed by atoms with Crippen molar-refractivity contribution in [3.63, 3.8) is 0 Å². The number of anilines is 2. The second-order valence-corrected chi connectivity index (χ2v) is 16.7. The molecule has 10 aromatic rings. The first-order valence-corrected chi connectivity index (χ1v) is 21.3. The van der Waals surface area contributed by atoms with Gasteiger partial charge >= 0.3 is 0 Å². The first-order valence-electron chi connectivity index (χ1n) is 21.3. The van der Waals surface area contributed by atoms with Gasteiger partial charge in [-0.05, 0) is 84.9 Å². The van der Waals surface area contributed by atoms with Gasteiger partial charge in [0.1, 0.15) is 11.6 Å². The number of para-hydroxylation sites is 4. The first-order chi connectivity index (χ1) is 31.4. The number of rotatable bonds is 6. The van der Waals surface area contributed by atoms with Crippen molar-refractivity contribution in [2.45, 2.75) is 0 Å². The monoisotopic (exact) mass is 830 g/mol. The van der Waals surface area contributed by atoms with Crippen LogP contribution in [0, 0.1) is 23.7 Å². The lowest BCUT2D eigenvalue weighted by Gasteiger charge is -2.36. The molecule has 0 bridgehead atoms. The predicted molar refractivity (Wildman–Crippen MR) is 247 cm³/mol. The summed E-state index contributed by atoms with van der Waals surface area (Å²) in [6, 6.07) is 59.7. The van der Waals surface area contributed by atoms with E-state index in [-0.39, 0.29) is 11.6 Å². The largest absolute Gasteiger partial charge is 0.309 e. The molecule has 2 aliphatic heterocycles. The molecular weight excluding hydrogens is 797 g/mol. The second kappa shape index (κ2) is 13.5. The van der Waals surface area contributed by atoms with Crippen LogP contribution >= 0.6 is 0 Å². The van der Waals surface area contributed by atoms with E-state index in [0.717, 1.165) is 75.9 Å². The van der Waals surface area contributed by atoms with Crippen molar-refractivity contribution >= 4 is 78.9 Å². The summed E-state index contributed by atoms with van der Waals surface area (Å²) in [5, 5.41) is 4.25. The molecule has 2 saturated heterocycles. The van der Waals surface area contributed by atoms with E-state index in [4.69, 9.17) is 9.97 Å². The van der Waals surface area contributed by atoms with E-state index < -0.39 is 47.3 Å². The van der Waals surface area contributed by atoms with Crippen LogP contribution in [0.1, 0.15) is 0 Å². The fourth-order valence-corrected chi connectivity index (χ4v) is 10.6. The van der Waals surface area contributed by atoms with Crippen molar-refractivity contribution in [2.75, 3.05) is 9.80 Å². The van der Waals surface area contributed by atoms with E-state index in [0.29, 0.717) is 11.4 Å². The summed E-state index contributed by atoms with van der Waals surface area (Å²) in [5.41, 5.74) is 9.13. The summed E-state index contributed by atoms with van der Waals surface area (Å²) < 4.78 is 4.46. The maximum atomic E-state index is 14.2. The van der Waals surface area contributed by atoms with Crippen LogP contribution in [-0.2, 0) is 19.2 Å². The molecule has 0 atom stereocenters. The minimum absolute atomic E-state index is 0.168. The van der Waals surface area contributed by atoms with E-state index >= 15 is 0 Å². The van der Waals surface area contributed by atoms with Gasteiger partial charge in [-0.2, -0.15) is 0 Å². The Morgan fingerprint density at radius 3 is 1.09 bits per heavy atom. The molecule has 0 N–H and O–H groups in total. The minimum atomic E-state index is -0.961. The van der Waals surface area contributed by atoms with E-state index in [1.54, 1.807) is 24.3 Å². The third kappa shape index (κ3) is 5.01. The lowest BCUT2D eigenvalue weighted by Crippen LogP contribution is -2.50. The molecule has 1 saturated carbocycles. The maximum absolute atomic E-state index is 14.2. The zero-order valence-corrected chi connectivity index (χ0v) is 33.9. The predicted octanol–water partition coefficient (Wildman–Crippen LogP) is 9.93. The molecule has 0 spiro atoms. The fourth-order valence-electron chi connectivity index (χ4n) is 10.6. The van der Waals surface area contributed by atoms with Gasteiger partial charge in [-0.15, -0.1) is 0 Å². The number of nitrogens with zero attached hydrogens (tertiary/aromatic N) is 6. The van der Waals surface area contributed by atoms with Gasteiger partial charge in [-0.1, -0.05) is 97.1 Å². The number of hydrogen-bond donors (Lipinski definition) is 0. The Kier molecular flexibility index (Phi) is 7.63. The summed E-state index contributed by atoms with van der Waals surface area (Å²) in [6.07, 6.45) is 0. The van der Waals surface area contributed by atoms with Crippen molar-refractivity contribution in [3.8, 4) is 33.9 Å². The Hall–Kier alpha value is -8.50. The van der Waals surface area contributed by atoms with E-state index in [1.165, 1.54) is 0 Å². The molecule has 0 radical (unpaired) electrons. The van der Waals surface area contributed by atoms with Gasteiger partial charge in [0, 0.05) is 44.0 Å². The van der Waals surface area contributed by atoms with E-state index in [9.17, 15) is 19.2 Å². The number of fused-ring (bicyclic) bond motifs is 10. The molecule has 3 fully saturated rings. The number of carbonyl (C=O) groups is 4. The van der Waals surface area contributed by atoms with Gasteiger partial charge in [-0.25, -0.2) is 19.8 Å². The van der Waals surface area contributed by atoms with Gasteiger partial charge in [0.25, 0.3) is 0 Å². The fraction of sp³-hybridized carbons (Fsp3) is 0.0741. The summed E-state index contributed by atoms with van der Waals surface area (Å²) in [6.45, 7) is 0. The highest BCUT2D eigenvalue weighted by atomic mass is 16.2. The molecule has 6 aromatic carbocycles. The lowest BCUT2D eigenvalue weighted by atomic mass is 9.59. The lowest BCUT2D eigenvalue weighted by molar-refractivity contribution is -0.146. The Morgan fingerprint density at radius 1 is 0.328 bits per heavy atom. The number of benzene rings is 6. The van der Waals surface area contributed by atoms with Crippen LogP contribution in [0.5, 0.6) is 0 Å². The zero-order chi connectivity index (χ0) is 42.8. The third-order valence-electron chi connectivity index (χ3n) is 13.5. The van der Waals surface area contributed by atoms with Gasteiger partial charge in [0.05, 0.1) is 57.1 Å². The Balaban J connectivity index is 0.794. The quantitative estimate of drug-likeness (QED) is 0.154. The molecule has 4 aromatic heterocycles. The molecule has 4 amide bonds. The summed E-state index contributed by atoms with van der Waals surface area (Å²) >= 11 is 0. The number of carbonyl (C=O) groups excluding carboxylic acids is 4. The minimum Gasteiger partial charge on any atom is -0.309 e. The zero-order valence-electron chi connectivity index (χ0n) is 33.9. The highest BCUT2D eigenvalue weighted by Crippen LogP contribution is 2.57. The van der Waals surface area contributed by atoms with Crippen LogP contribution in [-0.4, -0.2) is 42.7 Å². The van der Waals surface area contributed by atoms with Gasteiger partial charge in [-0.3, -0.25) is 19.2 Å². The van der Waals surface area contributed by atoms with Gasteiger partial charge in [0.15, 0.2) is 0 Å². The molecule has 304 valence electrons. The van der Waals surface area contributed by atoms with Crippen LogP contribution in [0.15, 0.2) is 182 Å². The van der Waals surface area contributed by atoms with Crippen LogP contribution in [0.2, 0.25) is 0 Å². The number of amides is 4. The van der Waals surface area contributed by atoms with Crippen LogP contribution in [0.4, 0.5) is 11.6 Å². The van der Waals surface area contributed by atoms with E-state index in [2.05, 4.69) is 81.9 Å². The van der Waals surface area contributed by atoms with Crippen molar-refractivity contribution in [3.05, 3.63) is 182 Å². The number of imide groups is 2. The molecular formula is C54H34N6O4. The van der Waals surface area contributed by atoms with Crippen LogP contribution in [0.3, 0.4) is 0 Å². The van der Waals surface area contributed by atoms with Crippen molar-refractivity contribution in [1.29, 1.82) is 0 Å². The molecule has 13 rings (SSSR count). The standard InChI is InChI=1S/C54H34N6O4/c61-51-47-48(52(62)59(51)45-23-11-19-39(55-45)31-25-27-43-37(29-31)35-17-7-9-21-41(35)57(43)33-13-3-1-4-14-33)50-49(47)53(63)60(54(50)64)46-24-12-20-40(56-46)32-26-28-44-38(30-32)36-18-8-10-22-42(36)58(44)34-15-5-2-6-16-34/h1-30,47-50H. The molecule has 1 aliphatic carbocycles. The average Bonchev–Trinajstić information content (AvgIpc) is 3.97. The molecule has 10 heteroatoms. The second-order valence-electron chi connectivity index (χ2n) is 16.7. The van der Waals surface area contributed by atoms with E-state index in [1.807, 2.05) is 84.9 Å². The average molecular weight is 831 g/mol. The first kappa shape index (κ1) is 36.2. The maximum Gasteiger partial charge on any atom is 0.239 e. The number of pyridine rings is 2. The molecule has 0 unspecified atom stereocenters. The molecule has 6 heterocycles. The van der Waals surface area contributed by atoms with Gasteiger partial charge < -0.3 is 9.13 Å². The van der Waals surface area contributed by atoms with Crippen LogP contribution < -0.4 is 9.80 Å². The third-order valence-corrected chi connectivity index (χ3v) is 13.5. The highest BCUT2D eigenvalue weighted by Gasteiger charge is 2.74. The van der Waals surface area contributed by atoms with Gasteiger partial charge in [0.2, 0.25) is 23.6 Å². The Labute approximate surface area is 365 Å². The van der Waals surface area contributed by atoms with Crippen molar-refractivity contribution < 1.29 is 19.2 Å². The summed E-state index contributed by atoms with van der Waals surface area (Å²) in [7, 11) is 0. The van der Waals surface area contributed by atoms with Crippen molar-refractivity contribution in [2.24, 2.45) is 23.7 Å². The normalized spacial score (nSPS) is 19.3. The summed E-state index contributed by atoms with van der Waals surface area (Å²) in [4.78, 5) is 68.7. The summed E-state index contributed by atoms with van der Waals surface area (Å²) in [5.74, 6) is -5.58. The molecule has 3 aliphatic rings. The molecule has 64 heavy (non-hydrogen) atoms. The Morgan fingerprint density at radius 2 is 0.688 bits per heavy atom. The van der Waals surface area contributed by atoms with Crippen molar-refractivity contribution in [1.82, 2.24) is 19.1 Å². The highest BCUT2D eigenvalue weighted by molar-refractivity contribution is 6.32.